The van der Waals surface area contributed by atoms with Crippen molar-refractivity contribution in [1.82, 2.24) is 25.3 Å². The molecule has 0 fully saturated rings. The summed E-state index contributed by atoms with van der Waals surface area (Å²) in [5, 5.41) is 10.5. The van der Waals surface area contributed by atoms with Crippen LogP contribution in [0, 0.1) is 12.7 Å². The van der Waals surface area contributed by atoms with Crippen molar-refractivity contribution >= 4 is 50.5 Å². The molecule has 4 aromatic rings. The van der Waals surface area contributed by atoms with E-state index >= 15 is 0 Å². The van der Waals surface area contributed by atoms with Crippen molar-refractivity contribution in [1.29, 1.82) is 0 Å². The summed E-state index contributed by atoms with van der Waals surface area (Å²) in [6.07, 6.45) is 4.65. The highest BCUT2D eigenvalue weighted by Gasteiger charge is 2.22. The molecule has 3 aromatic heterocycles. The van der Waals surface area contributed by atoms with E-state index in [9.17, 15) is 9.18 Å². The van der Waals surface area contributed by atoms with Crippen LogP contribution in [0.5, 0.6) is 0 Å². The van der Waals surface area contributed by atoms with Gasteiger partial charge in [0.2, 0.25) is 5.82 Å². The Bertz CT molecular complexity index is 1290. The SMILES string of the molecule is Cc1nc(-c2cnccn2)sc1C(=O)Nc1nonc1C(N)=Nc1ccc(F)c(Br)c1. The molecule has 0 aliphatic carbocycles. The van der Waals surface area contributed by atoms with Crippen LogP contribution in [0.1, 0.15) is 21.1 Å². The number of nitrogens with two attached hydrogens (primary N) is 1. The molecule has 0 bridgehead atoms. The zero-order chi connectivity index (χ0) is 22.0. The number of anilines is 1. The lowest BCUT2D eigenvalue weighted by Crippen LogP contribution is -2.19. The van der Waals surface area contributed by atoms with Crippen molar-refractivity contribution in [2.45, 2.75) is 6.92 Å². The second-order valence-electron chi connectivity index (χ2n) is 6.04. The largest absolute Gasteiger partial charge is 0.382 e. The van der Waals surface area contributed by atoms with Crippen LogP contribution in [0.3, 0.4) is 0 Å². The van der Waals surface area contributed by atoms with Crippen molar-refractivity contribution in [3.63, 3.8) is 0 Å². The minimum Gasteiger partial charge on any atom is -0.382 e. The molecule has 0 aliphatic rings. The maximum Gasteiger partial charge on any atom is 0.268 e. The molecule has 0 spiro atoms. The lowest BCUT2D eigenvalue weighted by molar-refractivity contribution is 0.102. The van der Waals surface area contributed by atoms with E-state index in [1.807, 2.05) is 0 Å². The molecular weight excluding hydrogens is 491 g/mol. The van der Waals surface area contributed by atoms with Gasteiger partial charge < -0.3 is 11.1 Å². The van der Waals surface area contributed by atoms with Gasteiger partial charge in [0.25, 0.3) is 5.91 Å². The van der Waals surface area contributed by atoms with Crippen LogP contribution in [-0.4, -0.2) is 37.0 Å². The van der Waals surface area contributed by atoms with Crippen LogP contribution in [0.2, 0.25) is 0 Å². The van der Waals surface area contributed by atoms with Gasteiger partial charge in [-0.25, -0.2) is 19.0 Å². The van der Waals surface area contributed by atoms with Crippen LogP contribution in [0.25, 0.3) is 10.7 Å². The standard InChI is InChI=1S/C18H12BrFN8O2S/c1-8-14(31-18(24-8)12-7-22-4-5-23-12)17(29)26-16-13(27-30-28-16)15(21)25-9-2-3-11(20)10(19)6-9/h2-7H,1H3,(H2,21,25)(H,26,28,29). The fourth-order valence-electron chi connectivity index (χ4n) is 2.48. The number of nitrogens with one attached hydrogen (secondary N) is 1. The normalized spacial score (nSPS) is 11.5. The Morgan fingerprint density at radius 2 is 2.16 bits per heavy atom. The van der Waals surface area contributed by atoms with Gasteiger partial charge in [-0.15, -0.1) is 11.3 Å². The van der Waals surface area contributed by atoms with Gasteiger partial charge >= 0.3 is 0 Å². The third-order valence-corrected chi connectivity index (χ3v) is 5.69. The number of carbonyl (C=O) groups excluding carboxylic acids is 1. The molecule has 4 rings (SSSR count). The first-order valence-corrected chi connectivity index (χ1v) is 10.2. The summed E-state index contributed by atoms with van der Waals surface area (Å²) < 4.78 is 18.3. The van der Waals surface area contributed by atoms with E-state index in [1.165, 1.54) is 18.2 Å². The summed E-state index contributed by atoms with van der Waals surface area (Å²) in [6, 6.07) is 4.12. The lowest BCUT2D eigenvalue weighted by atomic mass is 10.3. The fraction of sp³-hybridized carbons (Fsp3) is 0.0556. The molecule has 3 heterocycles. The van der Waals surface area contributed by atoms with E-state index in [4.69, 9.17) is 10.4 Å². The first kappa shape index (κ1) is 20.7. The number of hydrogen-bond donors (Lipinski definition) is 2. The van der Waals surface area contributed by atoms with Crippen LogP contribution >= 0.6 is 27.3 Å². The van der Waals surface area contributed by atoms with Crippen molar-refractivity contribution < 1.29 is 13.8 Å². The number of amidine groups is 1. The number of nitrogens with zero attached hydrogens (tertiary/aromatic N) is 6. The molecular formula is C18H12BrFN8O2S. The molecule has 1 amide bonds. The second-order valence-corrected chi connectivity index (χ2v) is 7.89. The predicted molar refractivity (Wildman–Crippen MR) is 115 cm³/mol. The van der Waals surface area contributed by atoms with Crippen molar-refractivity contribution in [3.05, 3.63) is 63.3 Å². The number of halogens is 2. The topological polar surface area (TPSA) is 145 Å². The molecule has 13 heteroatoms. The van der Waals surface area contributed by atoms with Gasteiger partial charge in [-0.05, 0) is 51.4 Å². The minimum atomic E-state index is -0.473. The Morgan fingerprint density at radius 3 is 2.90 bits per heavy atom. The third kappa shape index (κ3) is 4.46. The molecule has 0 unspecified atom stereocenters. The molecule has 0 radical (unpaired) electrons. The molecule has 3 N–H and O–H groups in total. The molecule has 0 saturated carbocycles. The highest BCUT2D eigenvalue weighted by molar-refractivity contribution is 9.10. The van der Waals surface area contributed by atoms with Gasteiger partial charge in [0, 0.05) is 12.4 Å². The Kier molecular flexibility index (Phi) is 5.77. The second kappa shape index (κ2) is 8.65. The average molecular weight is 503 g/mol. The van der Waals surface area contributed by atoms with E-state index in [0.29, 0.717) is 27.0 Å². The number of benzene rings is 1. The van der Waals surface area contributed by atoms with E-state index in [2.05, 4.69) is 51.5 Å². The van der Waals surface area contributed by atoms with Gasteiger partial charge in [-0.1, -0.05) is 0 Å². The molecule has 0 atom stereocenters. The summed E-state index contributed by atoms with van der Waals surface area (Å²) in [5.41, 5.74) is 7.46. The fourth-order valence-corrected chi connectivity index (χ4v) is 3.77. The third-order valence-electron chi connectivity index (χ3n) is 3.90. The van der Waals surface area contributed by atoms with E-state index in [1.54, 1.807) is 25.5 Å². The number of aryl methyl sites for hydroxylation is 1. The Morgan fingerprint density at radius 1 is 1.32 bits per heavy atom. The van der Waals surface area contributed by atoms with Crippen molar-refractivity contribution in [2.24, 2.45) is 10.7 Å². The molecule has 0 saturated heterocycles. The van der Waals surface area contributed by atoms with Crippen LogP contribution in [0.4, 0.5) is 15.9 Å². The molecule has 156 valence electrons. The highest BCUT2D eigenvalue weighted by atomic mass is 79.9. The maximum absolute atomic E-state index is 13.4. The Hall–Kier alpha value is -3.58. The lowest BCUT2D eigenvalue weighted by Gasteiger charge is -2.02. The summed E-state index contributed by atoms with van der Waals surface area (Å²) in [7, 11) is 0. The van der Waals surface area contributed by atoms with E-state index in [-0.39, 0.29) is 21.8 Å². The Labute approximate surface area is 186 Å². The van der Waals surface area contributed by atoms with Gasteiger partial charge in [-0.2, -0.15) is 0 Å². The van der Waals surface area contributed by atoms with Gasteiger partial charge in [0.15, 0.2) is 11.5 Å². The molecule has 1 aromatic carbocycles. The molecule has 31 heavy (non-hydrogen) atoms. The van der Waals surface area contributed by atoms with E-state index < -0.39 is 11.7 Å². The first-order valence-electron chi connectivity index (χ1n) is 8.59. The average Bonchev–Trinajstić information content (AvgIpc) is 3.38. The van der Waals surface area contributed by atoms with Gasteiger partial charge in [0.05, 0.1) is 22.1 Å². The zero-order valence-electron chi connectivity index (χ0n) is 15.7. The maximum atomic E-state index is 13.4. The van der Waals surface area contributed by atoms with Crippen LogP contribution in [-0.2, 0) is 0 Å². The highest BCUT2D eigenvalue weighted by Crippen LogP contribution is 2.27. The number of aromatic nitrogens is 5. The predicted octanol–water partition coefficient (Wildman–Crippen LogP) is 3.48. The monoisotopic (exact) mass is 502 g/mol. The van der Waals surface area contributed by atoms with Crippen molar-refractivity contribution in [3.8, 4) is 10.7 Å². The summed E-state index contributed by atoms with van der Waals surface area (Å²) in [4.78, 5) is 29.9. The van der Waals surface area contributed by atoms with Crippen molar-refractivity contribution in [2.75, 3.05) is 5.32 Å². The number of thiazole rings is 1. The van der Waals surface area contributed by atoms with E-state index in [0.717, 1.165) is 11.3 Å². The zero-order valence-corrected chi connectivity index (χ0v) is 18.1. The minimum absolute atomic E-state index is 0.0127. The molecule has 0 aliphatic heterocycles. The summed E-state index contributed by atoms with van der Waals surface area (Å²) >= 11 is 4.24. The van der Waals surface area contributed by atoms with Gasteiger partial charge in [-0.3, -0.25) is 14.8 Å². The number of aliphatic imine (C=N–C) groups is 1. The molecule has 10 nitrogen and oxygen atoms in total. The number of amides is 1. The summed E-state index contributed by atoms with van der Waals surface area (Å²) in [5.74, 6) is -0.994. The quantitative estimate of drug-likeness (QED) is 0.311. The van der Waals surface area contributed by atoms with Crippen LogP contribution in [0.15, 0.2) is 50.9 Å². The first-order chi connectivity index (χ1) is 14.9. The summed E-state index contributed by atoms with van der Waals surface area (Å²) in [6.45, 7) is 1.70. The Balaban J connectivity index is 1.57. The number of carbonyl (C=O) groups is 1. The van der Waals surface area contributed by atoms with Crippen LogP contribution < -0.4 is 11.1 Å². The van der Waals surface area contributed by atoms with Gasteiger partial charge in [0.1, 0.15) is 21.4 Å². The number of hydrogen-bond acceptors (Lipinski definition) is 9. The smallest absolute Gasteiger partial charge is 0.268 e. The number of rotatable bonds is 5.